The van der Waals surface area contributed by atoms with Crippen LogP contribution in [0.25, 0.3) is 10.9 Å². The van der Waals surface area contributed by atoms with Gasteiger partial charge in [0.1, 0.15) is 5.75 Å². The summed E-state index contributed by atoms with van der Waals surface area (Å²) in [7, 11) is 1.62. The first-order valence-electron chi connectivity index (χ1n) is 4.98. The van der Waals surface area contributed by atoms with Crippen molar-refractivity contribution in [3.63, 3.8) is 0 Å². The number of alkyl halides is 1. The highest BCUT2D eigenvalue weighted by atomic mass is 35.5. The molecule has 0 aliphatic heterocycles. The molecule has 0 aliphatic rings. The first-order chi connectivity index (χ1) is 7.80. The zero-order chi connectivity index (χ0) is 11.5. The highest BCUT2D eigenvalue weighted by Crippen LogP contribution is 2.24. The van der Waals surface area contributed by atoms with Crippen molar-refractivity contribution < 1.29 is 9.53 Å². The number of nitrogens with zero attached hydrogens (tertiary/aromatic N) is 1. The monoisotopic (exact) mass is 237 g/mol. The van der Waals surface area contributed by atoms with Gasteiger partial charge in [0.2, 0.25) is 0 Å². The number of aryl methyl sites for hydroxylation is 1. The summed E-state index contributed by atoms with van der Waals surface area (Å²) in [5.41, 5.74) is 1.65. The molecule has 1 aromatic heterocycles. The van der Waals surface area contributed by atoms with Crippen LogP contribution >= 0.6 is 11.6 Å². The number of fused-ring (bicyclic) bond motifs is 1. The summed E-state index contributed by atoms with van der Waals surface area (Å²) >= 11 is 5.72. The molecule has 0 spiro atoms. The Morgan fingerprint density at radius 3 is 2.88 bits per heavy atom. The Morgan fingerprint density at radius 1 is 1.44 bits per heavy atom. The maximum Gasteiger partial charge on any atom is 0.166 e. The van der Waals surface area contributed by atoms with Crippen molar-refractivity contribution in [2.24, 2.45) is 0 Å². The molecule has 0 fully saturated rings. The fourth-order valence-corrected chi connectivity index (χ4v) is 2.00. The van der Waals surface area contributed by atoms with Crippen molar-refractivity contribution in [1.82, 2.24) is 4.57 Å². The molecule has 16 heavy (non-hydrogen) atoms. The summed E-state index contributed by atoms with van der Waals surface area (Å²) in [5.74, 6) is 1.27. The number of hydrogen-bond acceptors (Lipinski definition) is 2. The minimum Gasteiger partial charge on any atom is -0.497 e. The maximum absolute atomic E-state index is 10.9. The predicted molar refractivity (Wildman–Crippen MR) is 64.6 cm³/mol. The van der Waals surface area contributed by atoms with Crippen molar-refractivity contribution >= 4 is 28.8 Å². The third-order valence-electron chi connectivity index (χ3n) is 2.57. The standard InChI is InChI=1S/C12H12ClNO2/c1-16-11-2-3-12-9(7-11)6-10(8-15)14(12)5-4-13/h2-3,6-8H,4-5H2,1H3. The number of rotatable bonds is 4. The van der Waals surface area contributed by atoms with E-state index in [1.807, 2.05) is 28.8 Å². The third-order valence-corrected chi connectivity index (χ3v) is 2.74. The molecule has 84 valence electrons. The SMILES string of the molecule is COc1ccc2c(c1)cc(C=O)n2CCCl. The summed E-state index contributed by atoms with van der Waals surface area (Å²) in [4.78, 5) is 10.9. The van der Waals surface area contributed by atoms with Crippen LogP contribution in [0.15, 0.2) is 24.3 Å². The molecule has 0 aliphatic carbocycles. The summed E-state index contributed by atoms with van der Waals surface area (Å²) in [6.45, 7) is 0.630. The van der Waals surface area contributed by atoms with Gasteiger partial charge in [0.05, 0.1) is 12.8 Å². The largest absolute Gasteiger partial charge is 0.497 e. The molecule has 0 unspecified atom stereocenters. The number of methoxy groups -OCH3 is 1. The van der Waals surface area contributed by atoms with Crippen molar-refractivity contribution in [3.05, 3.63) is 30.0 Å². The Bertz CT molecular complexity index is 519. The first-order valence-corrected chi connectivity index (χ1v) is 5.52. The molecule has 0 saturated carbocycles. The second-order valence-electron chi connectivity index (χ2n) is 3.45. The molecule has 0 bridgehead atoms. The van der Waals surface area contributed by atoms with Gasteiger partial charge in [-0.25, -0.2) is 0 Å². The van der Waals surface area contributed by atoms with Gasteiger partial charge in [0, 0.05) is 23.3 Å². The van der Waals surface area contributed by atoms with Gasteiger partial charge >= 0.3 is 0 Å². The van der Waals surface area contributed by atoms with E-state index in [1.54, 1.807) is 7.11 Å². The first kappa shape index (κ1) is 11.0. The number of benzene rings is 1. The van der Waals surface area contributed by atoms with Crippen LogP contribution in [-0.2, 0) is 6.54 Å². The molecular formula is C12H12ClNO2. The maximum atomic E-state index is 10.9. The van der Waals surface area contributed by atoms with Crippen molar-refractivity contribution in [3.8, 4) is 5.75 Å². The Balaban J connectivity index is 2.62. The molecule has 1 heterocycles. The third kappa shape index (κ3) is 1.78. The van der Waals surface area contributed by atoms with Crippen molar-refractivity contribution in [2.45, 2.75) is 6.54 Å². The van der Waals surface area contributed by atoms with Crippen LogP contribution in [-0.4, -0.2) is 23.8 Å². The number of carbonyl (C=O) groups is 1. The van der Waals surface area contributed by atoms with E-state index in [1.165, 1.54) is 0 Å². The zero-order valence-corrected chi connectivity index (χ0v) is 9.70. The molecule has 1 aromatic carbocycles. The van der Waals surface area contributed by atoms with Gasteiger partial charge in [-0.3, -0.25) is 4.79 Å². The number of carbonyl (C=O) groups excluding carboxylic acids is 1. The molecular weight excluding hydrogens is 226 g/mol. The van der Waals surface area contributed by atoms with E-state index in [9.17, 15) is 4.79 Å². The number of hydrogen-bond donors (Lipinski definition) is 0. The number of ether oxygens (including phenoxy) is 1. The van der Waals surface area contributed by atoms with E-state index in [2.05, 4.69) is 0 Å². The smallest absolute Gasteiger partial charge is 0.166 e. The van der Waals surface area contributed by atoms with Gasteiger partial charge in [-0.15, -0.1) is 11.6 Å². The van der Waals surface area contributed by atoms with Crippen LogP contribution < -0.4 is 4.74 Å². The Kier molecular flexibility index (Phi) is 3.15. The minimum atomic E-state index is 0.483. The second kappa shape index (κ2) is 4.58. The predicted octanol–water partition coefficient (Wildman–Crippen LogP) is 2.70. The summed E-state index contributed by atoms with van der Waals surface area (Å²) in [5, 5.41) is 0.992. The average Bonchev–Trinajstić information content (AvgIpc) is 2.67. The van der Waals surface area contributed by atoms with E-state index >= 15 is 0 Å². The lowest BCUT2D eigenvalue weighted by molar-refractivity contribution is 0.111. The quantitative estimate of drug-likeness (QED) is 0.605. The molecule has 2 aromatic rings. The lowest BCUT2D eigenvalue weighted by Gasteiger charge is -2.05. The average molecular weight is 238 g/mol. The van der Waals surface area contributed by atoms with E-state index in [-0.39, 0.29) is 0 Å². The molecule has 0 N–H and O–H groups in total. The van der Waals surface area contributed by atoms with E-state index in [0.29, 0.717) is 18.1 Å². The van der Waals surface area contributed by atoms with E-state index in [4.69, 9.17) is 16.3 Å². The van der Waals surface area contributed by atoms with Crippen LogP contribution in [0.5, 0.6) is 5.75 Å². The summed E-state index contributed by atoms with van der Waals surface area (Å²) < 4.78 is 7.05. The fourth-order valence-electron chi connectivity index (χ4n) is 1.83. The van der Waals surface area contributed by atoms with Gasteiger partial charge in [-0.05, 0) is 24.3 Å². The van der Waals surface area contributed by atoms with Gasteiger partial charge in [0.25, 0.3) is 0 Å². The second-order valence-corrected chi connectivity index (χ2v) is 3.83. The fraction of sp³-hybridized carbons (Fsp3) is 0.250. The molecule has 0 amide bonds. The Morgan fingerprint density at radius 2 is 2.25 bits per heavy atom. The normalized spacial score (nSPS) is 10.6. The van der Waals surface area contributed by atoms with Crippen molar-refractivity contribution in [1.29, 1.82) is 0 Å². The van der Waals surface area contributed by atoms with Crippen LogP contribution in [0.2, 0.25) is 0 Å². The van der Waals surface area contributed by atoms with Gasteiger partial charge in [0.15, 0.2) is 6.29 Å². The van der Waals surface area contributed by atoms with Gasteiger partial charge in [-0.2, -0.15) is 0 Å². The van der Waals surface area contributed by atoms with E-state index in [0.717, 1.165) is 22.9 Å². The van der Waals surface area contributed by atoms with Crippen LogP contribution in [0.4, 0.5) is 0 Å². The molecule has 0 atom stereocenters. The topological polar surface area (TPSA) is 31.2 Å². The lowest BCUT2D eigenvalue weighted by atomic mass is 10.2. The molecule has 0 saturated heterocycles. The molecule has 2 rings (SSSR count). The zero-order valence-electron chi connectivity index (χ0n) is 8.94. The molecule has 4 heteroatoms. The molecule has 3 nitrogen and oxygen atoms in total. The highest BCUT2D eigenvalue weighted by Gasteiger charge is 2.08. The summed E-state index contributed by atoms with van der Waals surface area (Å²) in [6, 6.07) is 7.57. The Labute approximate surface area is 98.6 Å². The highest BCUT2D eigenvalue weighted by molar-refractivity contribution is 6.17. The van der Waals surface area contributed by atoms with Crippen LogP contribution in [0.1, 0.15) is 10.5 Å². The van der Waals surface area contributed by atoms with Gasteiger partial charge in [-0.1, -0.05) is 0 Å². The lowest BCUT2D eigenvalue weighted by Crippen LogP contribution is -2.02. The van der Waals surface area contributed by atoms with E-state index < -0.39 is 0 Å². The van der Waals surface area contributed by atoms with Crippen molar-refractivity contribution in [2.75, 3.05) is 13.0 Å². The number of halogens is 1. The van der Waals surface area contributed by atoms with Crippen LogP contribution in [0, 0.1) is 0 Å². The summed E-state index contributed by atoms with van der Waals surface area (Å²) in [6.07, 6.45) is 0.846. The Hall–Kier alpha value is -1.48. The van der Waals surface area contributed by atoms with Gasteiger partial charge < -0.3 is 9.30 Å². The van der Waals surface area contributed by atoms with Crippen LogP contribution in [0.3, 0.4) is 0 Å². The number of aromatic nitrogens is 1. The minimum absolute atomic E-state index is 0.483. The number of aldehydes is 1. The molecule has 0 radical (unpaired) electrons.